The van der Waals surface area contributed by atoms with Crippen LogP contribution in [0, 0.1) is 0 Å². The number of amides is 1. The van der Waals surface area contributed by atoms with Crippen molar-refractivity contribution in [3.05, 3.63) is 112 Å². The molecule has 0 radical (unpaired) electrons. The van der Waals surface area contributed by atoms with Crippen LogP contribution in [0.5, 0.6) is 11.5 Å². The molecular formula is C33H27Br2Cl4N3O6. The number of nitrogens with one attached hydrogen (secondary N) is 3. The molecule has 0 fully saturated rings. The lowest BCUT2D eigenvalue weighted by molar-refractivity contribution is -0.158. The molecule has 0 saturated heterocycles. The van der Waals surface area contributed by atoms with Crippen molar-refractivity contribution in [3.8, 4) is 11.5 Å². The van der Waals surface area contributed by atoms with Gasteiger partial charge in [-0.3, -0.25) is 9.59 Å². The molecule has 0 aliphatic heterocycles. The molecule has 1 amide bonds. The second kappa shape index (κ2) is 17.5. The molecule has 252 valence electrons. The van der Waals surface area contributed by atoms with E-state index in [0.717, 1.165) is 16.9 Å². The molecule has 0 aliphatic rings. The first-order chi connectivity index (χ1) is 22.9. The van der Waals surface area contributed by atoms with Gasteiger partial charge in [-0.25, -0.2) is 4.79 Å². The van der Waals surface area contributed by atoms with Crippen LogP contribution in [0.15, 0.2) is 69.6 Å². The number of ether oxygens (including phenoxy) is 3. The van der Waals surface area contributed by atoms with Crippen LogP contribution in [0.4, 0.5) is 11.4 Å². The Morgan fingerprint density at radius 1 is 0.708 bits per heavy atom. The number of rotatable bonds is 13. The molecule has 4 aromatic rings. The van der Waals surface area contributed by atoms with Gasteiger partial charge in [0.25, 0.3) is 5.91 Å². The van der Waals surface area contributed by atoms with E-state index < -0.39 is 24.4 Å². The van der Waals surface area contributed by atoms with Gasteiger partial charge in [0.1, 0.15) is 25.5 Å². The lowest BCUT2D eigenvalue weighted by Gasteiger charge is -2.14. The molecule has 0 bridgehead atoms. The van der Waals surface area contributed by atoms with Crippen molar-refractivity contribution in [2.75, 3.05) is 31.3 Å². The highest BCUT2D eigenvalue weighted by atomic mass is 79.9. The Bertz CT molecular complexity index is 1810. The minimum atomic E-state index is -0.954. The van der Waals surface area contributed by atoms with Crippen LogP contribution in [0.2, 0.25) is 20.1 Å². The fraction of sp³-hybridized carbons (Fsp3) is 0.182. The van der Waals surface area contributed by atoms with Gasteiger partial charge >= 0.3 is 11.9 Å². The maximum Gasteiger partial charge on any atom is 0.333 e. The largest absolute Gasteiger partial charge is 0.486 e. The zero-order valence-corrected chi connectivity index (χ0v) is 31.5. The van der Waals surface area contributed by atoms with Crippen molar-refractivity contribution in [3.63, 3.8) is 0 Å². The molecule has 15 heteroatoms. The molecule has 3 N–H and O–H groups in total. The summed E-state index contributed by atoms with van der Waals surface area (Å²) in [5.74, 6) is -1.77. The predicted molar refractivity (Wildman–Crippen MR) is 196 cm³/mol. The number of carbonyl (C=O) groups is 3. The van der Waals surface area contributed by atoms with Gasteiger partial charge in [-0.15, -0.1) is 0 Å². The van der Waals surface area contributed by atoms with Crippen LogP contribution in [0.3, 0.4) is 0 Å². The standard InChI is InChI=1S/C33H27Br2Cl4N3O6/c1-40-25-7-3-5-18(29(25)38)15-46-31-21(34)9-17(10-22(31)35)11-27(43)48-28(44)14-42-33(45)20-12-23(36)32(24(37)13-20)47-16-19-6-4-8-26(41-2)30(19)39/h3-10,12-13,40-41H,11,14-16H2,1-2H3,(H,42,45). The minimum absolute atomic E-state index is 0.0701. The van der Waals surface area contributed by atoms with Gasteiger partial charge < -0.3 is 30.2 Å². The van der Waals surface area contributed by atoms with E-state index in [9.17, 15) is 14.4 Å². The summed E-state index contributed by atoms with van der Waals surface area (Å²) >= 11 is 32.4. The molecular weight excluding hydrogens is 836 g/mol. The molecule has 9 nitrogen and oxygen atoms in total. The topological polar surface area (TPSA) is 115 Å². The fourth-order valence-electron chi connectivity index (χ4n) is 4.37. The number of hydrogen-bond donors (Lipinski definition) is 3. The summed E-state index contributed by atoms with van der Waals surface area (Å²) in [6.07, 6.45) is -0.218. The highest BCUT2D eigenvalue weighted by molar-refractivity contribution is 9.11. The van der Waals surface area contributed by atoms with Gasteiger partial charge in [0.2, 0.25) is 0 Å². The average molecular weight is 863 g/mol. The summed E-state index contributed by atoms with van der Waals surface area (Å²) in [7, 11) is 3.53. The number of carbonyl (C=O) groups excluding carboxylic acids is 3. The Morgan fingerprint density at radius 3 is 1.71 bits per heavy atom. The molecule has 0 aromatic heterocycles. The van der Waals surface area contributed by atoms with Gasteiger partial charge in [-0.05, 0) is 73.8 Å². The number of halogens is 6. The third-order valence-corrected chi connectivity index (χ3v) is 9.36. The van der Waals surface area contributed by atoms with E-state index in [1.54, 1.807) is 32.3 Å². The van der Waals surface area contributed by atoms with E-state index in [0.29, 0.717) is 35.9 Å². The summed E-state index contributed by atoms with van der Waals surface area (Å²) in [4.78, 5) is 37.6. The third kappa shape index (κ3) is 9.71. The Labute approximate surface area is 313 Å². The lowest BCUT2D eigenvalue weighted by atomic mass is 10.1. The van der Waals surface area contributed by atoms with Crippen LogP contribution in [-0.4, -0.2) is 38.5 Å². The van der Waals surface area contributed by atoms with E-state index >= 15 is 0 Å². The highest BCUT2D eigenvalue weighted by Gasteiger charge is 2.19. The summed E-state index contributed by atoms with van der Waals surface area (Å²) in [6.45, 7) is -0.298. The van der Waals surface area contributed by atoms with Gasteiger partial charge in [0, 0.05) is 30.8 Å². The van der Waals surface area contributed by atoms with Crippen molar-refractivity contribution in [2.45, 2.75) is 19.6 Å². The number of anilines is 2. The zero-order valence-electron chi connectivity index (χ0n) is 25.3. The first kappa shape index (κ1) is 37.6. The first-order valence-electron chi connectivity index (χ1n) is 14.1. The normalized spacial score (nSPS) is 10.7. The van der Waals surface area contributed by atoms with Crippen LogP contribution in [-0.2, 0) is 34.0 Å². The first-order valence-corrected chi connectivity index (χ1v) is 17.2. The molecule has 0 spiro atoms. The summed E-state index contributed by atoms with van der Waals surface area (Å²) < 4.78 is 17.8. The Kier molecular flexibility index (Phi) is 13.7. The van der Waals surface area contributed by atoms with E-state index in [2.05, 4.69) is 47.8 Å². The van der Waals surface area contributed by atoms with Crippen molar-refractivity contribution >= 4 is 107 Å². The molecule has 48 heavy (non-hydrogen) atoms. The van der Waals surface area contributed by atoms with Crippen LogP contribution >= 0.6 is 78.3 Å². The zero-order chi connectivity index (χ0) is 35.0. The van der Waals surface area contributed by atoms with E-state index in [-0.39, 0.29) is 41.0 Å². The predicted octanol–water partition coefficient (Wildman–Crippen LogP) is 9.11. The van der Waals surface area contributed by atoms with E-state index in [1.165, 1.54) is 12.1 Å². The smallest absolute Gasteiger partial charge is 0.333 e. The lowest BCUT2D eigenvalue weighted by Crippen LogP contribution is -2.32. The highest BCUT2D eigenvalue weighted by Crippen LogP contribution is 2.37. The van der Waals surface area contributed by atoms with E-state index in [4.69, 9.17) is 60.6 Å². The Morgan fingerprint density at radius 2 is 1.21 bits per heavy atom. The van der Waals surface area contributed by atoms with Gasteiger partial charge in [-0.1, -0.05) is 70.7 Å². The number of esters is 2. The maximum absolute atomic E-state index is 12.7. The van der Waals surface area contributed by atoms with Gasteiger partial charge in [0.15, 0.2) is 5.75 Å². The summed E-state index contributed by atoms with van der Waals surface area (Å²) in [5.41, 5.74) is 3.61. The quantitative estimate of drug-likeness (QED) is 0.0902. The molecule has 0 atom stereocenters. The number of benzene rings is 4. The van der Waals surface area contributed by atoms with Crippen molar-refractivity contribution in [1.82, 2.24) is 5.32 Å². The SMILES string of the molecule is CNc1cccc(COc2c(Cl)cc(C(=O)NCC(=O)OC(=O)Cc3cc(Br)c(OCc4cccc(NC)c4Cl)c(Br)c3)cc2Cl)c1Cl. The van der Waals surface area contributed by atoms with Gasteiger partial charge in [0.05, 0.1) is 46.8 Å². The molecule has 0 saturated carbocycles. The molecule has 0 heterocycles. The molecule has 4 rings (SSSR count). The minimum Gasteiger partial charge on any atom is -0.486 e. The van der Waals surface area contributed by atoms with Crippen molar-refractivity contribution < 1.29 is 28.6 Å². The Balaban J connectivity index is 1.28. The third-order valence-electron chi connectivity index (χ3n) is 6.73. The summed E-state index contributed by atoms with van der Waals surface area (Å²) in [6, 6.07) is 17.1. The fourth-order valence-corrected chi connectivity index (χ4v) is 7.03. The van der Waals surface area contributed by atoms with Crippen LogP contribution in [0.1, 0.15) is 27.0 Å². The van der Waals surface area contributed by atoms with Crippen LogP contribution in [0.25, 0.3) is 0 Å². The second-order valence-corrected chi connectivity index (χ2v) is 13.3. The molecule has 4 aromatic carbocycles. The number of hydrogen-bond acceptors (Lipinski definition) is 8. The molecule has 0 unspecified atom stereocenters. The van der Waals surface area contributed by atoms with Crippen molar-refractivity contribution in [2.24, 2.45) is 0 Å². The summed E-state index contributed by atoms with van der Waals surface area (Å²) in [5, 5.41) is 9.60. The monoisotopic (exact) mass is 859 g/mol. The molecule has 0 aliphatic carbocycles. The average Bonchev–Trinajstić information content (AvgIpc) is 3.04. The second-order valence-electron chi connectivity index (χ2n) is 10.00. The maximum atomic E-state index is 12.7. The van der Waals surface area contributed by atoms with Gasteiger partial charge in [-0.2, -0.15) is 0 Å². The van der Waals surface area contributed by atoms with E-state index in [1.807, 2.05) is 30.3 Å². The Hall–Kier alpha value is -3.19. The van der Waals surface area contributed by atoms with Crippen LogP contribution < -0.4 is 25.4 Å². The van der Waals surface area contributed by atoms with Crippen molar-refractivity contribution in [1.29, 1.82) is 0 Å².